The van der Waals surface area contributed by atoms with E-state index < -0.39 is 5.91 Å². The standard InChI is InChI=1S/C21H19N3O4S/c1-13-6-7-14(21(22)26)18(10-13)28-12-20(25)24-16(17-4-2-8-27-17)11-15(23-24)19-5-3-9-29-19/h2-10,16H,11-12H2,1H3,(H2,22,26). The maximum atomic E-state index is 12.9. The van der Waals surface area contributed by atoms with E-state index in [0.717, 1.165) is 16.2 Å². The molecule has 1 aliphatic rings. The predicted molar refractivity (Wildman–Crippen MR) is 109 cm³/mol. The van der Waals surface area contributed by atoms with Gasteiger partial charge >= 0.3 is 0 Å². The van der Waals surface area contributed by atoms with Crippen LogP contribution in [-0.2, 0) is 4.79 Å². The molecule has 1 aromatic carbocycles. The van der Waals surface area contributed by atoms with Crippen molar-refractivity contribution in [3.05, 3.63) is 75.9 Å². The van der Waals surface area contributed by atoms with Gasteiger partial charge in [0.25, 0.3) is 11.8 Å². The zero-order chi connectivity index (χ0) is 20.4. The molecule has 1 aliphatic heterocycles. The van der Waals surface area contributed by atoms with Crippen LogP contribution in [0.3, 0.4) is 0 Å². The number of hydrazone groups is 1. The van der Waals surface area contributed by atoms with Gasteiger partial charge in [-0.05, 0) is 48.2 Å². The number of thiophene rings is 1. The third-order valence-corrected chi connectivity index (χ3v) is 5.52. The largest absolute Gasteiger partial charge is 0.483 e. The number of hydrogen-bond acceptors (Lipinski definition) is 6. The second-order valence-electron chi connectivity index (χ2n) is 6.65. The Morgan fingerprint density at radius 1 is 1.31 bits per heavy atom. The zero-order valence-electron chi connectivity index (χ0n) is 15.7. The summed E-state index contributed by atoms with van der Waals surface area (Å²) < 4.78 is 11.2. The van der Waals surface area contributed by atoms with Gasteiger partial charge in [-0.1, -0.05) is 12.1 Å². The molecule has 0 bridgehead atoms. The van der Waals surface area contributed by atoms with E-state index >= 15 is 0 Å². The van der Waals surface area contributed by atoms with Crippen LogP contribution in [0.15, 0.2) is 63.6 Å². The normalized spacial score (nSPS) is 16.0. The van der Waals surface area contributed by atoms with E-state index in [1.807, 2.05) is 30.5 Å². The van der Waals surface area contributed by atoms with Crippen molar-refractivity contribution in [2.75, 3.05) is 6.61 Å². The number of benzene rings is 1. The SMILES string of the molecule is Cc1ccc(C(N)=O)c(OCC(=O)N2N=C(c3cccs3)CC2c2ccco2)c1. The highest BCUT2D eigenvalue weighted by Gasteiger charge is 2.35. The molecular weight excluding hydrogens is 390 g/mol. The summed E-state index contributed by atoms with van der Waals surface area (Å²) in [4.78, 5) is 25.6. The molecule has 0 saturated heterocycles. The van der Waals surface area contributed by atoms with Gasteiger partial charge in [-0.3, -0.25) is 9.59 Å². The Kier molecular flexibility index (Phi) is 5.18. The number of hydrogen-bond donors (Lipinski definition) is 1. The molecule has 2 aromatic heterocycles. The van der Waals surface area contributed by atoms with Crippen molar-refractivity contribution in [3.63, 3.8) is 0 Å². The first-order valence-corrected chi connectivity index (χ1v) is 9.91. The summed E-state index contributed by atoms with van der Waals surface area (Å²) >= 11 is 1.57. The van der Waals surface area contributed by atoms with Gasteiger partial charge in [0.2, 0.25) is 0 Å². The van der Waals surface area contributed by atoms with Gasteiger partial charge in [-0.15, -0.1) is 11.3 Å². The Bertz CT molecular complexity index is 1060. The summed E-state index contributed by atoms with van der Waals surface area (Å²) in [6.07, 6.45) is 2.13. The van der Waals surface area contributed by atoms with Crippen molar-refractivity contribution in [1.29, 1.82) is 0 Å². The molecule has 8 heteroatoms. The van der Waals surface area contributed by atoms with Crippen LogP contribution in [-0.4, -0.2) is 29.1 Å². The Morgan fingerprint density at radius 2 is 2.17 bits per heavy atom. The fourth-order valence-corrected chi connectivity index (χ4v) is 3.91. The highest BCUT2D eigenvalue weighted by Crippen LogP contribution is 2.34. The van der Waals surface area contributed by atoms with E-state index in [-0.39, 0.29) is 29.9 Å². The van der Waals surface area contributed by atoms with Crippen LogP contribution < -0.4 is 10.5 Å². The van der Waals surface area contributed by atoms with Gasteiger partial charge in [0.15, 0.2) is 6.61 Å². The quantitative estimate of drug-likeness (QED) is 0.674. The van der Waals surface area contributed by atoms with Crippen LogP contribution in [0, 0.1) is 6.92 Å². The molecule has 3 heterocycles. The topological polar surface area (TPSA) is 98.1 Å². The summed E-state index contributed by atoms with van der Waals surface area (Å²) in [7, 11) is 0. The minimum absolute atomic E-state index is 0.232. The Hall–Kier alpha value is -3.39. The summed E-state index contributed by atoms with van der Waals surface area (Å²) in [5, 5.41) is 7.90. The van der Waals surface area contributed by atoms with Gasteiger partial charge in [-0.25, -0.2) is 5.01 Å². The van der Waals surface area contributed by atoms with Gasteiger partial charge in [0.1, 0.15) is 17.6 Å². The third kappa shape index (κ3) is 3.93. The number of aryl methyl sites for hydroxylation is 1. The molecule has 4 rings (SSSR count). The van der Waals surface area contributed by atoms with E-state index in [4.69, 9.17) is 14.9 Å². The molecule has 0 aliphatic carbocycles. The highest BCUT2D eigenvalue weighted by atomic mass is 32.1. The Labute approximate surface area is 171 Å². The molecule has 1 atom stereocenters. The Morgan fingerprint density at radius 3 is 2.86 bits per heavy atom. The first-order chi connectivity index (χ1) is 14.0. The monoisotopic (exact) mass is 409 g/mol. The maximum absolute atomic E-state index is 12.9. The molecule has 3 aromatic rings. The third-order valence-electron chi connectivity index (χ3n) is 4.60. The second kappa shape index (κ2) is 7.92. The van der Waals surface area contributed by atoms with Crippen molar-refractivity contribution >= 4 is 28.9 Å². The van der Waals surface area contributed by atoms with E-state index in [1.54, 1.807) is 41.9 Å². The molecule has 0 spiro atoms. The lowest BCUT2D eigenvalue weighted by atomic mass is 10.1. The number of carbonyl (C=O) groups excluding carboxylic acids is 2. The van der Waals surface area contributed by atoms with E-state index in [2.05, 4.69) is 5.10 Å². The number of rotatable bonds is 6. The van der Waals surface area contributed by atoms with E-state index in [0.29, 0.717) is 12.2 Å². The van der Waals surface area contributed by atoms with Crippen LogP contribution >= 0.6 is 11.3 Å². The molecule has 7 nitrogen and oxygen atoms in total. The average Bonchev–Trinajstić information content (AvgIpc) is 3.46. The number of furan rings is 1. The number of primary amides is 1. The van der Waals surface area contributed by atoms with Crippen molar-refractivity contribution in [2.45, 2.75) is 19.4 Å². The lowest BCUT2D eigenvalue weighted by Gasteiger charge is -2.20. The van der Waals surface area contributed by atoms with Crippen LogP contribution in [0.25, 0.3) is 0 Å². The number of nitrogens with two attached hydrogens (primary N) is 1. The van der Waals surface area contributed by atoms with E-state index in [1.165, 1.54) is 5.01 Å². The summed E-state index contributed by atoms with van der Waals surface area (Å²) in [5.41, 5.74) is 7.35. The molecule has 0 fully saturated rings. The van der Waals surface area contributed by atoms with Crippen molar-refractivity contribution in [1.82, 2.24) is 5.01 Å². The number of nitrogens with zero attached hydrogens (tertiary/aromatic N) is 2. The average molecular weight is 409 g/mol. The summed E-state index contributed by atoms with van der Waals surface area (Å²) in [6.45, 7) is 1.59. The lowest BCUT2D eigenvalue weighted by molar-refractivity contribution is -0.135. The molecule has 29 heavy (non-hydrogen) atoms. The fraction of sp³-hybridized carbons (Fsp3) is 0.190. The van der Waals surface area contributed by atoms with Crippen LogP contribution in [0.2, 0.25) is 0 Å². The number of carbonyl (C=O) groups is 2. The minimum atomic E-state index is -0.611. The highest BCUT2D eigenvalue weighted by molar-refractivity contribution is 7.12. The first-order valence-electron chi connectivity index (χ1n) is 9.03. The summed E-state index contributed by atoms with van der Waals surface area (Å²) in [6, 6.07) is 12.2. The van der Waals surface area contributed by atoms with Crippen molar-refractivity contribution in [3.8, 4) is 5.75 Å². The summed E-state index contributed by atoms with van der Waals surface area (Å²) in [5.74, 6) is -0.0148. The zero-order valence-corrected chi connectivity index (χ0v) is 16.5. The van der Waals surface area contributed by atoms with Gasteiger partial charge in [0.05, 0.1) is 22.4 Å². The molecular formula is C21H19N3O4S. The van der Waals surface area contributed by atoms with Crippen LogP contribution in [0.5, 0.6) is 5.75 Å². The molecule has 2 amide bonds. The maximum Gasteiger partial charge on any atom is 0.281 e. The number of amides is 2. The smallest absolute Gasteiger partial charge is 0.281 e. The minimum Gasteiger partial charge on any atom is -0.483 e. The fourth-order valence-electron chi connectivity index (χ4n) is 3.19. The van der Waals surface area contributed by atoms with E-state index in [9.17, 15) is 9.59 Å². The van der Waals surface area contributed by atoms with Crippen LogP contribution in [0.4, 0.5) is 0 Å². The lowest BCUT2D eigenvalue weighted by Crippen LogP contribution is -2.31. The number of ether oxygens (including phenoxy) is 1. The molecule has 0 radical (unpaired) electrons. The van der Waals surface area contributed by atoms with Gasteiger partial charge < -0.3 is 14.9 Å². The van der Waals surface area contributed by atoms with Crippen molar-refractivity contribution in [2.24, 2.45) is 10.8 Å². The molecule has 1 unspecified atom stereocenters. The predicted octanol–water partition coefficient (Wildman–Crippen LogP) is 3.51. The molecule has 2 N–H and O–H groups in total. The van der Waals surface area contributed by atoms with Crippen molar-refractivity contribution < 1.29 is 18.7 Å². The second-order valence-corrected chi connectivity index (χ2v) is 7.60. The Balaban J connectivity index is 1.56. The van der Waals surface area contributed by atoms with Gasteiger partial charge in [0, 0.05) is 6.42 Å². The van der Waals surface area contributed by atoms with Gasteiger partial charge in [-0.2, -0.15) is 5.10 Å². The molecule has 0 saturated carbocycles. The molecule has 148 valence electrons. The van der Waals surface area contributed by atoms with Crippen LogP contribution in [0.1, 0.15) is 39.0 Å². The first kappa shape index (κ1) is 18.9.